The number of hydrogen-bond donors (Lipinski definition) is 1. The van der Waals surface area contributed by atoms with E-state index in [1.165, 1.54) is 0 Å². The van der Waals surface area contributed by atoms with Crippen molar-refractivity contribution < 1.29 is 14.3 Å². The quantitative estimate of drug-likeness (QED) is 0.832. The second kappa shape index (κ2) is 9.04. The van der Waals surface area contributed by atoms with Crippen molar-refractivity contribution in [2.45, 2.75) is 38.3 Å². The number of halogens is 1. The van der Waals surface area contributed by atoms with Gasteiger partial charge in [0.15, 0.2) is 0 Å². The van der Waals surface area contributed by atoms with Gasteiger partial charge in [-0.2, -0.15) is 0 Å². The van der Waals surface area contributed by atoms with Crippen molar-refractivity contribution in [1.29, 1.82) is 0 Å². The highest BCUT2D eigenvalue weighted by Gasteiger charge is 2.33. The van der Waals surface area contributed by atoms with Gasteiger partial charge >= 0.3 is 0 Å². The molecule has 0 aliphatic carbocycles. The Morgan fingerprint density at radius 2 is 1.93 bits per heavy atom. The standard InChI is InChI=1S/C20H28ClN3O3/c1-14-3-4-15(11-18(14)21)20(26)22-13-17-6-5-16(23(17)2)12-19(25)24-7-9-27-10-8-24/h3-4,11,16-17H,5-10,12-13H2,1-2H3,(H,22,26)/t16-,17+/m1/s1. The Labute approximate surface area is 165 Å². The number of benzene rings is 1. The van der Waals surface area contributed by atoms with E-state index in [9.17, 15) is 9.59 Å². The summed E-state index contributed by atoms with van der Waals surface area (Å²) in [6.07, 6.45) is 2.49. The molecule has 2 heterocycles. The number of nitrogens with one attached hydrogen (secondary N) is 1. The average molecular weight is 394 g/mol. The molecule has 0 bridgehead atoms. The van der Waals surface area contributed by atoms with Gasteiger partial charge in [0.05, 0.1) is 13.2 Å². The van der Waals surface area contributed by atoms with Crippen molar-refractivity contribution in [3.8, 4) is 0 Å². The third-order valence-corrected chi connectivity index (χ3v) is 6.10. The lowest BCUT2D eigenvalue weighted by Gasteiger charge is -2.30. The van der Waals surface area contributed by atoms with Gasteiger partial charge in [0.2, 0.25) is 5.91 Å². The molecule has 1 N–H and O–H groups in total. The topological polar surface area (TPSA) is 61.9 Å². The van der Waals surface area contributed by atoms with Crippen LogP contribution in [0.15, 0.2) is 18.2 Å². The Kier molecular flexibility index (Phi) is 6.73. The first kappa shape index (κ1) is 20.1. The lowest BCUT2D eigenvalue weighted by Crippen LogP contribution is -2.45. The number of aryl methyl sites for hydroxylation is 1. The van der Waals surface area contributed by atoms with Gasteiger partial charge in [-0.05, 0) is 44.5 Å². The molecule has 2 fully saturated rings. The molecule has 0 saturated carbocycles. The van der Waals surface area contributed by atoms with Crippen LogP contribution in [0.3, 0.4) is 0 Å². The second-order valence-electron chi connectivity index (χ2n) is 7.42. The third-order valence-electron chi connectivity index (χ3n) is 5.69. The maximum Gasteiger partial charge on any atom is 0.251 e. The van der Waals surface area contributed by atoms with Crippen LogP contribution in [-0.2, 0) is 9.53 Å². The molecule has 1 aromatic carbocycles. The largest absolute Gasteiger partial charge is 0.378 e. The number of amides is 2. The van der Waals surface area contributed by atoms with Crippen molar-refractivity contribution in [3.05, 3.63) is 34.3 Å². The lowest BCUT2D eigenvalue weighted by molar-refractivity contribution is -0.136. The summed E-state index contributed by atoms with van der Waals surface area (Å²) in [6.45, 7) is 5.12. The van der Waals surface area contributed by atoms with E-state index in [2.05, 4.69) is 10.2 Å². The van der Waals surface area contributed by atoms with Crippen LogP contribution in [0.4, 0.5) is 0 Å². The molecule has 148 valence electrons. The fraction of sp³-hybridized carbons (Fsp3) is 0.600. The molecule has 2 aliphatic heterocycles. The van der Waals surface area contributed by atoms with Gasteiger partial charge in [-0.25, -0.2) is 0 Å². The summed E-state index contributed by atoms with van der Waals surface area (Å²) >= 11 is 6.11. The maximum atomic E-state index is 12.5. The zero-order valence-corrected chi connectivity index (χ0v) is 16.8. The van der Waals surface area contributed by atoms with Gasteiger partial charge < -0.3 is 15.0 Å². The van der Waals surface area contributed by atoms with Gasteiger partial charge in [0.1, 0.15) is 0 Å². The molecule has 0 radical (unpaired) electrons. The van der Waals surface area contributed by atoms with Crippen LogP contribution in [0.5, 0.6) is 0 Å². The summed E-state index contributed by atoms with van der Waals surface area (Å²) in [5, 5.41) is 3.60. The molecule has 2 aliphatic rings. The van der Waals surface area contributed by atoms with Crippen LogP contribution in [0.2, 0.25) is 5.02 Å². The highest BCUT2D eigenvalue weighted by Crippen LogP contribution is 2.25. The molecule has 3 rings (SSSR count). The molecule has 6 nitrogen and oxygen atoms in total. The Hall–Kier alpha value is -1.63. The predicted octanol–water partition coefficient (Wildman–Crippen LogP) is 2.09. The predicted molar refractivity (Wildman–Crippen MR) is 105 cm³/mol. The number of nitrogens with zero attached hydrogens (tertiary/aromatic N) is 2. The number of hydrogen-bond acceptors (Lipinski definition) is 4. The Bertz CT molecular complexity index is 691. The third kappa shape index (κ3) is 5.00. The number of carbonyl (C=O) groups excluding carboxylic acids is 2. The van der Waals surface area contributed by atoms with Crippen LogP contribution >= 0.6 is 11.6 Å². The smallest absolute Gasteiger partial charge is 0.251 e. The minimum absolute atomic E-state index is 0.113. The molecule has 0 unspecified atom stereocenters. The van der Waals surface area contributed by atoms with E-state index >= 15 is 0 Å². The van der Waals surface area contributed by atoms with Crippen molar-refractivity contribution in [1.82, 2.24) is 15.1 Å². The number of ether oxygens (including phenoxy) is 1. The zero-order valence-electron chi connectivity index (χ0n) is 16.0. The van der Waals surface area contributed by atoms with E-state index in [0.29, 0.717) is 49.9 Å². The highest BCUT2D eigenvalue weighted by atomic mass is 35.5. The van der Waals surface area contributed by atoms with E-state index in [4.69, 9.17) is 16.3 Å². The molecule has 27 heavy (non-hydrogen) atoms. The molecule has 0 aromatic heterocycles. The van der Waals surface area contributed by atoms with Gasteiger partial charge in [0, 0.05) is 48.7 Å². The lowest BCUT2D eigenvalue weighted by atomic mass is 10.1. The fourth-order valence-corrected chi connectivity index (χ4v) is 3.95. The number of likely N-dealkylation sites (N-methyl/N-ethyl adjacent to an activating group) is 1. The summed E-state index contributed by atoms with van der Waals surface area (Å²) in [5.41, 5.74) is 1.53. The average Bonchev–Trinajstić information content (AvgIpc) is 3.02. The monoisotopic (exact) mass is 393 g/mol. The zero-order chi connectivity index (χ0) is 19.4. The minimum Gasteiger partial charge on any atom is -0.378 e. The van der Waals surface area contributed by atoms with Crippen LogP contribution in [-0.4, -0.2) is 73.6 Å². The first-order valence-corrected chi connectivity index (χ1v) is 9.95. The summed E-state index contributed by atoms with van der Waals surface area (Å²) in [6, 6.07) is 5.83. The molecule has 2 saturated heterocycles. The second-order valence-corrected chi connectivity index (χ2v) is 7.83. The van der Waals surface area contributed by atoms with Crippen LogP contribution in [0.25, 0.3) is 0 Å². The molecule has 2 amide bonds. The summed E-state index contributed by atoms with van der Waals surface area (Å²) in [5.74, 6) is 0.0901. The first-order valence-electron chi connectivity index (χ1n) is 9.57. The highest BCUT2D eigenvalue weighted by molar-refractivity contribution is 6.31. The molecule has 1 aromatic rings. The molecule has 2 atom stereocenters. The van der Waals surface area contributed by atoms with E-state index in [0.717, 1.165) is 18.4 Å². The SMILES string of the molecule is Cc1ccc(C(=O)NC[C@@H]2CC[C@H](CC(=O)N3CCOCC3)N2C)cc1Cl. The Morgan fingerprint density at radius 1 is 1.22 bits per heavy atom. The first-order chi connectivity index (χ1) is 13.0. The van der Waals surface area contributed by atoms with Gasteiger partial charge in [0.25, 0.3) is 5.91 Å². The van der Waals surface area contributed by atoms with Crippen molar-refractivity contribution in [3.63, 3.8) is 0 Å². The minimum atomic E-state index is -0.113. The van der Waals surface area contributed by atoms with E-state index in [1.807, 2.05) is 24.9 Å². The number of rotatable bonds is 5. The molecule has 0 spiro atoms. The number of likely N-dealkylation sites (tertiary alicyclic amines) is 1. The van der Waals surface area contributed by atoms with Gasteiger partial charge in [-0.15, -0.1) is 0 Å². The van der Waals surface area contributed by atoms with Crippen molar-refractivity contribution in [2.24, 2.45) is 0 Å². The maximum absolute atomic E-state index is 12.5. The van der Waals surface area contributed by atoms with E-state index in [1.54, 1.807) is 12.1 Å². The van der Waals surface area contributed by atoms with E-state index < -0.39 is 0 Å². The molecule has 7 heteroatoms. The van der Waals surface area contributed by atoms with Gasteiger partial charge in [-0.3, -0.25) is 14.5 Å². The normalized spacial score (nSPS) is 23.4. The van der Waals surface area contributed by atoms with Crippen molar-refractivity contribution >= 4 is 23.4 Å². The summed E-state index contributed by atoms with van der Waals surface area (Å²) in [4.78, 5) is 29.0. The van der Waals surface area contributed by atoms with Gasteiger partial charge in [-0.1, -0.05) is 17.7 Å². The van der Waals surface area contributed by atoms with Crippen LogP contribution in [0.1, 0.15) is 35.2 Å². The van der Waals surface area contributed by atoms with E-state index in [-0.39, 0.29) is 23.9 Å². The van der Waals surface area contributed by atoms with Crippen LogP contribution in [0, 0.1) is 6.92 Å². The Balaban J connectivity index is 1.48. The summed E-state index contributed by atoms with van der Waals surface area (Å²) < 4.78 is 5.31. The summed E-state index contributed by atoms with van der Waals surface area (Å²) in [7, 11) is 2.05. The number of morpholine rings is 1. The van der Waals surface area contributed by atoms with Crippen LogP contribution < -0.4 is 5.32 Å². The fourth-order valence-electron chi connectivity index (χ4n) is 3.77. The Morgan fingerprint density at radius 3 is 2.63 bits per heavy atom. The molecular weight excluding hydrogens is 366 g/mol. The molecular formula is C20H28ClN3O3. The van der Waals surface area contributed by atoms with Crippen molar-refractivity contribution in [2.75, 3.05) is 39.9 Å². The number of carbonyl (C=O) groups is 2.